The van der Waals surface area contributed by atoms with Gasteiger partial charge in [-0.1, -0.05) is 23.0 Å². The zero-order valence-corrected chi connectivity index (χ0v) is 11.1. The molecule has 0 spiro atoms. The largest absolute Gasteiger partial charge is 0.480 e. The van der Waals surface area contributed by atoms with E-state index < -0.39 is 11.5 Å². The first-order valence-corrected chi connectivity index (χ1v) is 6.70. The number of carbonyl (C=O) groups is 1. The van der Waals surface area contributed by atoms with Crippen molar-refractivity contribution in [1.29, 1.82) is 0 Å². The van der Waals surface area contributed by atoms with E-state index in [-0.39, 0.29) is 0 Å². The molecule has 0 aliphatic carbocycles. The molecule has 1 aliphatic heterocycles. The van der Waals surface area contributed by atoms with Gasteiger partial charge >= 0.3 is 5.97 Å². The first kappa shape index (κ1) is 12.7. The maximum Gasteiger partial charge on any atom is 0.324 e. The zero-order chi connectivity index (χ0) is 12.5. The van der Waals surface area contributed by atoms with Gasteiger partial charge < -0.3 is 5.11 Å². The number of aromatic nitrogens is 2. The average molecular weight is 276 g/mol. The fourth-order valence-corrected chi connectivity index (χ4v) is 3.04. The van der Waals surface area contributed by atoms with Gasteiger partial charge in [0.1, 0.15) is 15.6 Å². The Hall–Kier alpha value is -0.720. The van der Waals surface area contributed by atoms with Crippen LogP contribution in [0.5, 0.6) is 0 Å². The van der Waals surface area contributed by atoms with E-state index in [2.05, 4.69) is 9.59 Å². The van der Waals surface area contributed by atoms with Crippen LogP contribution in [0.1, 0.15) is 31.9 Å². The van der Waals surface area contributed by atoms with Gasteiger partial charge in [-0.05, 0) is 25.8 Å². The van der Waals surface area contributed by atoms with Gasteiger partial charge in [0, 0.05) is 18.1 Å². The molecule has 0 saturated carbocycles. The van der Waals surface area contributed by atoms with Gasteiger partial charge in [0.15, 0.2) is 0 Å². The average Bonchev–Trinajstić information content (AvgIpc) is 2.87. The molecule has 1 unspecified atom stereocenters. The van der Waals surface area contributed by atoms with Crippen LogP contribution < -0.4 is 0 Å². The Morgan fingerprint density at radius 3 is 3.00 bits per heavy atom. The van der Waals surface area contributed by atoms with Crippen molar-refractivity contribution < 1.29 is 9.90 Å². The third kappa shape index (κ3) is 2.17. The number of hydrogen-bond donors (Lipinski definition) is 1. The summed E-state index contributed by atoms with van der Waals surface area (Å²) in [6.45, 7) is 3.15. The normalized spacial score (nSPS) is 25.3. The summed E-state index contributed by atoms with van der Waals surface area (Å²) >= 11 is 7.09. The molecule has 1 fully saturated rings. The van der Waals surface area contributed by atoms with Crippen LogP contribution in [0.2, 0.25) is 4.34 Å². The lowest BCUT2D eigenvalue weighted by Gasteiger charge is -2.33. The van der Waals surface area contributed by atoms with Crippen LogP contribution in [0.25, 0.3) is 0 Å². The minimum atomic E-state index is -0.757. The van der Waals surface area contributed by atoms with Crippen molar-refractivity contribution in [3.8, 4) is 0 Å². The summed E-state index contributed by atoms with van der Waals surface area (Å²) in [7, 11) is 0. The van der Waals surface area contributed by atoms with Crippen LogP contribution in [-0.2, 0) is 11.3 Å². The fourth-order valence-electron chi connectivity index (χ4n) is 2.43. The lowest BCUT2D eigenvalue weighted by Crippen LogP contribution is -2.49. The molecule has 94 valence electrons. The van der Waals surface area contributed by atoms with E-state index >= 15 is 0 Å². The highest BCUT2D eigenvalue weighted by Crippen LogP contribution is 2.34. The molecule has 17 heavy (non-hydrogen) atoms. The van der Waals surface area contributed by atoms with Gasteiger partial charge in [0.2, 0.25) is 0 Å². The Morgan fingerprint density at radius 1 is 1.71 bits per heavy atom. The minimum absolute atomic E-state index is 0.468. The van der Waals surface area contributed by atoms with Gasteiger partial charge in [0.05, 0.1) is 0 Å². The number of rotatable bonds is 4. The van der Waals surface area contributed by atoms with Crippen molar-refractivity contribution >= 4 is 29.1 Å². The molecule has 0 amide bonds. The van der Waals surface area contributed by atoms with Crippen molar-refractivity contribution in [2.75, 3.05) is 6.54 Å². The summed E-state index contributed by atoms with van der Waals surface area (Å²) in [5.74, 6) is -0.753. The highest BCUT2D eigenvalue weighted by atomic mass is 35.5. The minimum Gasteiger partial charge on any atom is -0.480 e. The van der Waals surface area contributed by atoms with E-state index in [1.165, 1.54) is 0 Å². The lowest BCUT2D eigenvalue weighted by atomic mass is 9.93. The highest BCUT2D eigenvalue weighted by Gasteiger charge is 2.46. The molecule has 7 heteroatoms. The number of carboxylic acids is 1. The van der Waals surface area contributed by atoms with E-state index in [9.17, 15) is 9.90 Å². The Morgan fingerprint density at radius 2 is 2.47 bits per heavy atom. The molecule has 1 saturated heterocycles. The first-order chi connectivity index (χ1) is 8.10. The quantitative estimate of drug-likeness (QED) is 0.911. The number of nitrogens with zero attached hydrogens (tertiary/aromatic N) is 3. The van der Waals surface area contributed by atoms with Crippen LogP contribution >= 0.6 is 23.1 Å². The molecule has 2 rings (SSSR count). The topological polar surface area (TPSA) is 66.3 Å². The summed E-state index contributed by atoms with van der Waals surface area (Å²) in [6, 6.07) is 0. The van der Waals surface area contributed by atoms with Crippen molar-refractivity contribution in [2.24, 2.45) is 0 Å². The number of hydrogen-bond acceptors (Lipinski definition) is 5. The van der Waals surface area contributed by atoms with Crippen molar-refractivity contribution in [3.05, 3.63) is 10.0 Å². The van der Waals surface area contributed by atoms with Gasteiger partial charge in [-0.2, -0.15) is 0 Å². The Labute approximate surface area is 109 Å². The molecule has 1 N–H and O–H groups in total. The Kier molecular flexibility index (Phi) is 3.65. The van der Waals surface area contributed by atoms with Crippen LogP contribution in [-0.4, -0.2) is 37.6 Å². The summed E-state index contributed by atoms with van der Waals surface area (Å²) in [5, 5.41) is 13.4. The standard InChI is InChI=1S/C10H14ClN3O2S/c1-2-10(9(15)16)4-3-5-14(10)6-7-8(11)17-13-12-7/h2-6H2,1H3,(H,15,16). The van der Waals surface area contributed by atoms with Gasteiger partial charge in [-0.25, -0.2) is 0 Å². The molecular formula is C10H14ClN3O2S. The van der Waals surface area contributed by atoms with E-state index in [1.807, 2.05) is 11.8 Å². The molecule has 1 aromatic rings. The third-order valence-electron chi connectivity index (χ3n) is 3.46. The predicted molar refractivity (Wildman–Crippen MR) is 65.2 cm³/mol. The fraction of sp³-hybridized carbons (Fsp3) is 0.700. The Balaban J connectivity index is 2.20. The maximum atomic E-state index is 11.5. The highest BCUT2D eigenvalue weighted by molar-refractivity contribution is 7.10. The number of aliphatic carboxylic acids is 1. The van der Waals surface area contributed by atoms with Crippen molar-refractivity contribution in [1.82, 2.24) is 14.5 Å². The van der Waals surface area contributed by atoms with E-state index in [1.54, 1.807) is 0 Å². The molecule has 5 nitrogen and oxygen atoms in total. The molecule has 0 aromatic carbocycles. The summed E-state index contributed by atoms with van der Waals surface area (Å²) < 4.78 is 4.32. The third-order valence-corrected chi connectivity index (χ3v) is 4.44. The van der Waals surface area contributed by atoms with Crippen LogP contribution in [0.15, 0.2) is 0 Å². The second kappa shape index (κ2) is 4.88. The lowest BCUT2D eigenvalue weighted by molar-refractivity contribution is -0.150. The monoisotopic (exact) mass is 275 g/mol. The van der Waals surface area contributed by atoms with Crippen LogP contribution in [0.3, 0.4) is 0 Å². The number of carboxylic acid groups (broad SMARTS) is 1. The van der Waals surface area contributed by atoms with Gasteiger partial charge in [0.25, 0.3) is 0 Å². The second-order valence-electron chi connectivity index (χ2n) is 4.21. The molecule has 1 aliphatic rings. The SMILES string of the molecule is CCC1(C(=O)O)CCCN1Cc1nnsc1Cl. The van der Waals surface area contributed by atoms with E-state index in [0.29, 0.717) is 29.4 Å². The summed E-state index contributed by atoms with van der Waals surface area (Å²) in [6.07, 6.45) is 2.18. The van der Waals surface area contributed by atoms with Gasteiger partial charge in [-0.15, -0.1) is 5.10 Å². The van der Waals surface area contributed by atoms with Crippen molar-refractivity contribution in [3.63, 3.8) is 0 Å². The van der Waals surface area contributed by atoms with Crippen molar-refractivity contribution in [2.45, 2.75) is 38.3 Å². The summed E-state index contributed by atoms with van der Waals surface area (Å²) in [5.41, 5.74) is -0.0786. The molecule has 1 aromatic heterocycles. The molecule has 2 heterocycles. The Bertz CT molecular complexity index is 425. The van der Waals surface area contributed by atoms with Gasteiger partial charge in [-0.3, -0.25) is 9.69 Å². The van der Waals surface area contributed by atoms with Crippen LogP contribution in [0.4, 0.5) is 0 Å². The van der Waals surface area contributed by atoms with E-state index in [0.717, 1.165) is 24.5 Å². The first-order valence-electron chi connectivity index (χ1n) is 5.55. The molecule has 0 radical (unpaired) electrons. The van der Waals surface area contributed by atoms with E-state index in [4.69, 9.17) is 11.6 Å². The number of likely N-dealkylation sites (tertiary alicyclic amines) is 1. The number of halogens is 1. The zero-order valence-electron chi connectivity index (χ0n) is 9.52. The molecular weight excluding hydrogens is 262 g/mol. The molecule has 0 bridgehead atoms. The van der Waals surface area contributed by atoms with Crippen LogP contribution in [0, 0.1) is 0 Å². The summed E-state index contributed by atoms with van der Waals surface area (Å²) in [4.78, 5) is 13.4. The maximum absolute atomic E-state index is 11.5. The second-order valence-corrected chi connectivity index (χ2v) is 5.56. The smallest absolute Gasteiger partial charge is 0.324 e. The predicted octanol–water partition coefficient (Wildman–Crippen LogP) is 2.02. The molecule has 1 atom stereocenters.